The smallest absolute Gasteiger partial charge is 0.269 e. The van der Waals surface area contributed by atoms with Crippen molar-refractivity contribution in [1.82, 2.24) is 0 Å². The lowest BCUT2D eigenvalue weighted by Gasteiger charge is -2.03. The van der Waals surface area contributed by atoms with Gasteiger partial charge in [-0.1, -0.05) is 47.2 Å². The third-order valence-corrected chi connectivity index (χ3v) is 3.28. The van der Waals surface area contributed by atoms with Crippen LogP contribution in [0.15, 0.2) is 52.5 Å². The van der Waals surface area contributed by atoms with Crippen LogP contribution in [0.5, 0.6) is 0 Å². The summed E-state index contributed by atoms with van der Waals surface area (Å²) in [7, 11) is -3.05. The molecule has 1 aromatic rings. The van der Waals surface area contributed by atoms with E-state index in [9.17, 15) is 13.7 Å². The lowest BCUT2D eigenvalue weighted by molar-refractivity contribution is 0.357. The van der Waals surface area contributed by atoms with Gasteiger partial charge in [0.25, 0.3) is 0 Å². The van der Waals surface area contributed by atoms with Crippen molar-refractivity contribution in [1.29, 1.82) is 5.26 Å². The molecule has 0 N–H and O–H groups in total. The summed E-state index contributed by atoms with van der Waals surface area (Å²) in [5.74, 6) is 0. The third-order valence-electron chi connectivity index (χ3n) is 2.28. The first-order valence-corrected chi connectivity index (χ1v) is 7.13. The molecular weight excluding hydrogens is 284 g/mol. The van der Waals surface area contributed by atoms with Crippen LogP contribution in [0.4, 0.5) is 0 Å². The molecule has 1 aromatic carbocycles. The van der Waals surface area contributed by atoms with Crippen LogP contribution in [0, 0.1) is 11.3 Å². The molecule has 1 aliphatic rings. The number of allylic oxidation sites excluding steroid dienone is 2. The Kier molecular flexibility index (Phi) is 4.39. The summed E-state index contributed by atoms with van der Waals surface area (Å²) in [6, 6.07) is 11.2. The van der Waals surface area contributed by atoms with E-state index in [-0.39, 0.29) is 0 Å². The zero-order chi connectivity index (χ0) is 13.7. The Balaban J connectivity index is 2.46. The van der Waals surface area contributed by atoms with Gasteiger partial charge in [-0.15, -0.1) is 0 Å². The molecular formula is C12H8N2O3S2. The second-order valence-corrected chi connectivity index (χ2v) is 4.89. The molecule has 1 aliphatic heterocycles. The molecule has 2 rings (SSSR count). The molecule has 0 unspecified atom stereocenters. The predicted molar refractivity (Wildman–Crippen MR) is 74.5 cm³/mol. The van der Waals surface area contributed by atoms with Gasteiger partial charge in [-0.25, -0.2) is 0 Å². The minimum atomic E-state index is -3.05. The number of hydrogen-bond donors (Lipinski definition) is 1. The number of nitrogens with zero attached hydrogens (tertiary/aromatic N) is 2. The number of benzene rings is 1. The molecule has 0 spiro atoms. The zero-order valence-electron chi connectivity index (χ0n) is 9.52. The normalized spacial score (nSPS) is 18.6. The fourth-order valence-corrected chi connectivity index (χ4v) is 2.43. The summed E-state index contributed by atoms with van der Waals surface area (Å²) in [6.07, 6.45) is 1.70. The molecule has 0 fully saturated rings. The number of thiol groups is 1. The van der Waals surface area contributed by atoms with Crippen molar-refractivity contribution < 1.29 is 12.7 Å². The second-order valence-electron chi connectivity index (χ2n) is 3.39. The minimum Gasteiger partial charge on any atom is -0.269 e. The highest BCUT2D eigenvalue weighted by Gasteiger charge is 2.18. The van der Waals surface area contributed by atoms with Crippen LogP contribution >= 0.6 is 11.8 Å². The Morgan fingerprint density at radius 2 is 2.05 bits per heavy atom. The molecule has 0 atom stereocenters. The van der Waals surface area contributed by atoms with Crippen molar-refractivity contribution >= 4 is 33.4 Å². The number of oxime groups is 1. The molecule has 0 saturated carbocycles. The van der Waals surface area contributed by atoms with E-state index in [1.54, 1.807) is 23.6 Å². The highest BCUT2D eigenvalue weighted by atomic mass is 32.2. The summed E-state index contributed by atoms with van der Waals surface area (Å²) in [5, 5.41) is 14.8. The van der Waals surface area contributed by atoms with Crippen molar-refractivity contribution in [2.24, 2.45) is 5.16 Å². The van der Waals surface area contributed by atoms with Crippen LogP contribution in [-0.4, -0.2) is 13.5 Å². The van der Waals surface area contributed by atoms with E-state index in [0.29, 0.717) is 16.2 Å². The average molecular weight is 292 g/mol. The van der Waals surface area contributed by atoms with E-state index in [4.69, 9.17) is 0 Å². The first kappa shape index (κ1) is 13.4. The van der Waals surface area contributed by atoms with Crippen LogP contribution in [-0.2, 0) is 15.3 Å². The third kappa shape index (κ3) is 3.24. The molecule has 0 bridgehead atoms. The van der Waals surface area contributed by atoms with Crippen molar-refractivity contribution in [3.05, 3.63) is 53.0 Å². The second kappa shape index (κ2) is 6.22. The highest BCUT2D eigenvalue weighted by Crippen LogP contribution is 2.30. The van der Waals surface area contributed by atoms with Gasteiger partial charge in [0.1, 0.15) is 11.1 Å². The molecule has 0 aromatic heterocycles. The Bertz CT molecular complexity index is 675. The average Bonchev–Trinajstić information content (AvgIpc) is 2.87. The maximum absolute atomic E-state index is 10.4. The Morgan fingerprint density at radius 3 is 2.68 bits per heavy atom. The van der Waals surface area contributed by atoms with Gasteiger partial charge in [0.15, 0.2) is 0 Å². The number of thioether (sulfide) groups is 1. The fourth-order valence-electron chi connectivity index (χ4n) is 1.52. The van der Waals surface area contributed by atoms with Gasteiger partial charge in [0.2, 0.25) is 0 Å². The van der Waals surface area contributed by atoms with Gasteiger partial charge in [0.05, 0.1) is 5.57 Å². The Labute approximate surface area is 116 Å². The van der Waals surface area contributed by atoms with E-state index >= 15 is 0 Å². The first-order chi connectivity index (χ1) is 9.22. The van der Waals surface area contributed by atoms with Crippen LogP contribution < -0.4 is 0 Å². The lowest BCUT2D eigenvalue weighted by atomic mass is 10.0. The first-order valence-electron chi connectivity index (χ1n) is 5.15. The van der Waals surface area contributed by atoms with Crippen molar-refractivity contribution in [3.8, 4) is 6.07 Å². The molecule has 96 valence electrons. The highest BCUT2D eigenvalue weighted by molar-refractivity contribution is 8.17. The summed E-state index contributed by atoms with van der Waals surface area (Å²) < 4.78 is 25.0. The Hall–Kier alpha value is -2.04. The topological polar surface area (TPSA) is 79.5 Å². The fraction of sp³-hybridized carbons (Fsp3) is 0. The van der Waals surface area contributed by atoms with E-state index in [2.05, 4.69) is 15.5 Å². The van der Waals surface area contributed by atoms with Crippen LogP contribution in [0.25, 0.3) is 5.57 Å². The van der Waals surface area contributed by atoms with Crippen LogP contribution in [0.2, 0.25) is 0 Å². The quantitative estimate of drug-likeness (QED) is 0.524. The molecule has 1 heterocycles. The van der Waals surface area contributed by atoms with Gasteiger partial charge in [-0.3, -0.25) is 4.28 Å². The number of nitriles is 1. The van der Waals surface area contributed by atoms with Gasteiger partial charge < -0.3 is 0 Å². The van der Waals surface area contributed by atoms with Gasteiger partial charge in [-0.2, -0.15) is 13.7 Å². The van der Waals surface area contributed by atoms with E-state index < -0.39 is 11.0 Å². The Morgan fingerprint density at radius 1 is 1.32 bits per heavy atom. The molecule has 7 heteroatoms. The molecule has 5 nitrogen and oxygen atoms in total. The summed E-state index contributed by atoms with van der Waals surface area (Å²) in [5.41, 5.74) is 1.72. The lowest BCUT2D eigenvalue weighted by Crippen LogP contribution is -1.96. The maximum atomic E-state index is 10.4. The number of rotatable bonds is 3. The van der Waals surface area contributed by atoms with E-state index in [1.807, 2.05) is 18.2 Å². The SMILES string of the molecule is N#C/C(=C1/C=CS/C1=N\O[SH](=O)=O)c1ccccc1. The molecule has 0 aliphatic carbocycles. The largest absolute Gasteiger partial charge is 0.318 e. The van der Waals surface area contributed by atoms with Crippen molar-refractivity contribution in [2.75, 3.05) is 0 Å². The summed E-state index contributed by atoms with van der Waals surface area (Å²) >= 11 is 1.20. The van der Waals surface area contributed by atoms with E-state index in [0.717, 1.165) is 5.56 Å². The van der Waals surface area contributed by atoms with Gasteiger partial charge in [-0.05, 0) is 17.0 Å². The van der Waals surface area contributed by atoms with E-state index in [1.165, 1.54) is 11.8 Å². The van der Waals surface area contributed by atoms with Crippen molar-refractivity contribution in [3.63, 3.8) is 0 Å². The maximum Gasteiger partial charge on any atom is 0.318 e. The molecule has 0 radical (unpaired) electrons. The molecule has 0 saturated heterocycles. The minimum absolute atomic E-state index is 0.347. The monoisotopic (exact) mass is 292 g/mol. The van der Waals surface area contributed by atoms with Gasteiger partial charge in [0, 0.05) is 5.57 Å². The standard InChI is InChI=1S/C12H8N2O3S2/c13-8-11(9-4-2-1-3-5-9)10-6-7-18-12(10)14-17-19(15)16/h1-7,19H/b11-10+,14-12-. The van der Waals surface area contributed by atoms with Crippen LogP contribution in [0.1, 0.15) is 5.56 Å². The molecule has 0 amide bonds. The zero-order valence-corrected chi connectivity index (χ0v) is 11.2. The number of hydrogen-bond acceptors (Lipinski definition) is 6. The van der Waals surface area contributed by atoms with Gasteiger partial charge >= 0.3 is 11.0 Å². The molecule has 19 heavy (non-hydrogen) atoms. The van der Waals surface area contributed by atoms with Crippen LogP contribution in [0.3, 0.4) is 0 Å². The summed E-state index contributed by atoms with van der Waals surface area (Å²) in [6.45, 7) is 0. The predicted octanol–water partition coefficient (Wildman–Crippen LogP) is 2.08. The summed E-state index contributed by atoms with van der Waals surface area (Å²) in [4.78, 5) is 0. The van der Waals surface area contributed by atoms with Crippen molar-refractivity contribution in [2.45, 2.75) is 0 Å².